The number of thiazole rings is 1. The van der Waals surface area contributed by atoms with Crippen molar-refractivity contribution in [2.24, 2.45) is 0 Å². The monoisotopic (exact) mass is 502 g/mol. The van der Waals surface area contributed by atoms with Crippen LogP contribution in [0.4, 0.5) is 5.82 Å². The number of amides is 1. The fourth-order valence-corrected chi connectivity index (χ4v) is 5.85. The van der Waals surface area contributed by atoms with Crippen LogP contribution in [0.15, 0.2) is 70.5 Å². The number of fused-ring (bicyclic) bond motifs is 1. The van der Waals surface area contributed by atoms with E-state index in [0.717, 1.165) is 53.6 Å². The maximum absolute atomic E-state index is 13.7. The Balaban J connectivity index is 1.31. The number of aryl methyl sites for hydroxylation is 1. The number of furan rings is 1. The lowest BCUT2D eigenvalue weighted by Crippen LogP contribution is -2.38. The molecule has 3 heterocycles. The number of hydrogen-bond acceptors (Lipinski definition) is 5. The van der Waals surface area contributed by atoms with Crippen molar-refractivity contribution in [2.45, 2.75) is 38.0 Å². The van der Waals surface area contributed by atoms with E-state index in [0.29, 0.717) is 21.7 Å². The Morgan fingerprint density at radius 1 is 1.11 bits per heavy atom. The molecule has 6 rings (SSSR count). The Morgan fingerprint density at radius 3 is 2.66 bits per heavy atom. The molecule has 176 valence electrons. The molecule has 6 nitrogen and oxygen atoms in total. The number of rotatable bonds is 5. The minimum Gasteiger partial charge on any atom is -0.454 e. The van der Waals surface area contributed by atoms with Gasteiger partial charge in [0.25, 0.3) is 0 Å². The van der Waals surface area contributed by atoms with Crippen molar-refractivity contribution < 1.29 is 9.21 Å². The Morgan fingerprint density at radius 2 is 1.89 bits per heavy atom. The minimum atomic E-state index is -0.574. The number of nitrogens with zero attached hydrogens (tertiary/aromatic N) is 3. The summed E-state index contributed by atoms with van der Waals surface area (Å²) in [6, 6.07) is 19.4. The Labute approximate surface area is 211 Å². The van der Waals surface area contributed by atoms with Crippen molar-refractivity contribution in [2.75, 3.05) is 5.32 Å². The third-order valence-corrected chi connectivity index (χ3v) is 7.78. The van der Waals surface area contributed by atoms with Crippen LogP contribution in [0.2, 0.25) is 5.02 Å². The van der Waals surface area contributed by atoms with Gasteiger partial charge in [-0.1, -0.05) is 54.8 Å². The van der Waals surface area contributed by atoms with E-state index < -0.39 is 5.41 Å². The van der Waals surface area contributed by atoms with Gasteiger partial charge in [0, 0.05) is 21.9 Å². The van der Waals surface area contributed by atoms with Crippen LogP contribution in [0.25, 0.3) is 27.6 Å². The van der Waals surface area contributed by atoms with Crippen LogP contribution in [0.3, 0.4) is 0 Å². The van der Waals surface area contributed by atoms with Gasteiger partial charge in [-0.15, -0.1) is 11.3 Å². The Hall–Kier alpha value is -3.42. The first-order valence-corrected chi connectivity index (χ1v) is 12.9. The van der Waals surface area contributed by atoms with Crippen LogP contribution >= 0.6 is 22.9 Å². The van der Waals surface area contributed by atoms with E-state index in [9.17, 15) is 4.79 Å². The molecule has 1 amide bonds. The smallest absolute Gasteiger partial charge is 0.236 e. The standard InChI is InChI=1S/C27H23ClN4O2S/c1-17-14-24(30-25(33)27(12-4-5-13-27)19-8-10-20(28)11-9-19)32(31-17)26-29-21(16-35-26)23-15-18-6-2-3-7-22(18)34-23/h2-3,6-11,14-16H,4-5,12-13H2,1H3,(H,30,33). The topological polar surface area (TPSA) is 73.0 Å². The fourth-order valence-electron chi connectivity index (χ4n) is 4.95. The second-order valence-electron chi connectivity index (χ2n) is 9.00. The lowest BCUT2D eigenvalue weighted by molar-refractivity contribution is -0.121. The van der Waals surface area contributed by atoms with E-state index in [4.69, 9.17) is 21.0 Å². The number of para-hydroxylation sites is 1. The summed E-state index contributed by atoms with van der Waals surface area (Å²) in [6.07, 6.45) is 3.64. The summed E-state index contributed by atoms with van der Waals surface area (Å²) in [5.41, 5.74) is 2.79. The summed E-state index contributed by atoms with van der Waals surface area (Å²) in [6.45, 7) is 1.91. The van der Waals surface area contributed by atoms with Crippen LogP contribution in [-0.2, 0) is 10.2 Å². The highest BCUT2D eigenvalue weighted by Crippen LogP contribution is 2.42. The van der Waals surface area contributed by atoms with E-state index in [1.807, 2.05) is 73.0 Å². The molecule has 0 aliphatic heterocycles. The molecule has 35 heavy (non-hydrogen) atoms. The molecule has 1 aliphatic rings. The SMILES string of the molecule is Cc1cc(NC(=O)C2(c3ccc(Cl)cc3)CCCC2)n(-c2nc(-c3cc4ccccc4o3)cs2)n1. The van der Waals surface area contributed by atoms with Crippen molar-refractivity contribution in [3.63, 3.8) is 0 Å². The number of nitrogens with one attached hydrogen (secondary N) is 1. The first-order chi connectivity index (χ1) is 17.0. The van der Waals surface area contributed by atoms with E-state index in [2.05, 4.69) is 10.4 Å². The molecule has 3 aromatic heterocycles. The molecular formula is C27H23ClN4O2S. The Bertz CT molecular complexity index is 1490. The molecule has 2 aromatic carbocycles. The van der Waals surface area contributed by atoms with Crippen molar-refractivity contribution in [1.29, 1.82) is 0 Å². The van der Waals surface area contributed by atoms with Crippen LogP contribution in [-0.4, -0.2) is 20.7 Å². The van der Waals surface area contributed by atoms with Gasteiger partial charge in [-0.25, -0.2) is 4.98 Å². The number of benzene rings is 2. The largest absolute Gasteiger partial charge is 0.454 e. The number of carbonyl (C=O) groups is 1. The first kappa shape index (κ1) is 22.1. The summed E-state index contributed by atoms with van der Waals surface area (Å²) in [7, 11) is 0. The number of halogens is 1. The zero-order chi connectivity index (χ0) is 24.0. The normalized spacial score (nSPS) is 15.0. The van der Waals surface area contributed by atoms with Crippen molar-refractivity contribution in [3.8, 4) is 16.6 Å². The highest BCUT2D eigenvalue weighted by molar-refractivity contribution is 7.12. The predicted molar refractivity (Wildman–Crippen MR) is 139 cm³/mol. The third kappa shape index (κ3) is 3.94. The lowest BCUT2D eigenvalue weighted by atomic mass is 9.78. The maximum Gasteiger partial charge on any atom is 0.236 e. The average molecular weight is 503 g/mol. The molecule has 5 aromatic rings. The van der Waals surface area contributed by atoms with Gasteiger partial charge in [-0.3, -0.25) is 4.79 Å². The molecule has 1 N–H and O–H groups in total. The van der Waals surface area contributed by atoms with Gasteiger partial charge in [-0.2, -0.15) is 9.78 Å². The number of aromatic nitrogens is 3. The van der Waals surface area contributed by atoms with Crippen molar-refractivity contribution in [3.05, 3.63) is 82.3 Å². The Kier molecular flexibility index (Phi) is 5.46. The third-order valence-electron chi connectivity index (χ3n) is 6.71. The first-order valence-electron chi connectivity index (χ1n) is 11.6. The molecule has 0 atom stereocenters. The molecule has 8 heteroatoms. The molecule has 1 aliphatic carbocycles. The summed E-state index contributed by atoms with van der Waals surface area (Å²) in [5.74, 6) is 1.29. The van der Waals surface area contributed by atoms with Crippen molar-refractivity contribution in [1.82, 2.24) is 14.8 Å². The lowest BCUT2D eigenvalue weighted by Gasteiger charge is -2.28. The van der Waals surface area contributed by atoms with E-state index in [-0.39, 0.29) is 5.91 Å². The summed E-state index contributed by atoms with van der Waals surface area (Å²) >= 11 is 7.56. The van der Waals surface area contributed by atoms with Gasteiger partial charge in [-0.05, 0) is 49.6 Å². The van der Waals surface area contributed by atoms with Gasteiger partial charge >= 0.3 is 0 Å². The summed E-state index contributed by atoms with van der Waals surface area (Å²) in [4.78, 5) is 18.5. The van der Waals surface area contributed by atoms with Crippen LogP contribution in [0, 0.1) is 6.92 Å². The molecule has 0 bridgehead atoms. The van der Waals surface area contributed by atoms with Gasteiger partial charge in [0.05, 0.1) is 11.1 Å². The molecule has 1 saturated carbocycles. The van der Waals surface area contributed by atoms with Gasteiger partial charge < -0.3 is 9.73 Å². The van der Waals surface area contributed by atoms with E-state index in [1.54, 1.807) is 4.68 Å². The number of hydrogen-bond donors (Lipinski definition) is 1. The molecular weight excluding hydrogens is 480 g/mol. The molecule has 0 unspecified atom stereocenters. The van der Waals surface area contributed by atoms with Crippen LogP contribution in [0.5, 0.6) is 0 Å². The molecule has 0 spiro atoms. The molecule has 1 fully saturated rings. The van der Waals surface area contributed by atoms with Gasteiger partial charge in [0.2, 0.25) is 11.0 Å². The average Bonchev–Trinajstić information content (AvgIpc) is 3.64. The highest BCUT2D eigenvalue weighted by Gasteiger charge is 2.43. The van der Waals surface area contributed by atoms with Crippen LogP contribution < -0.4 is 5.32 Å². The second kappa shape index (κ2) is 8.66. The van der Waals surface area contributed by atoms with Gasteiger partial charge in [0.15, 0.2) is 5.76 Å². The predicted octanol–water partition coefficient (Wildman–Crippen LogP) is 7.15. The number of anilines is 1. The van der Waals surface area contributed by atoms with Gasteiger partial charge in [0.1, 0.15) is 17.1 Å². The number of carbonyl (C=O) groups excluding carboxylic acids is 1. The van der Waals surface area contributed by atoms with Crippen molar-refractivity contribution >= 4 is 45.6 Å². The quantitative estimate of drug-likeness (QED) is 0.277. The zero-order valence-corrected chi connectivity index (χ0v) is 20.7. The highest BCUT2D eigenvalue weighted by atomic mass is 35.5. The fraction of sp³-hybridized carbons (Fsp3) is 0.222. The van der Waals surface area contributed by atoms with E-state index in [1.165, 1.54) is 11.3 Å². The van der Waals surface area contributed by atoms with E-state index >= 15 is 0 Å². The minimum absolute atomic E-state index is 0.0208. The molecule has 0 radical (unpaired) electrons. The molecule has 0 saturated heterocycles. The maximum atomic E-state index is 13.7. The zero-order valence-electron chi connectivity index (χ0n) is 19.1. The summed E-state index contributed by atoms with van der Waals surface area (Å²) < 4.78 is 7.68. The van der Waals surface area contributed by atoms with Crippen LogP contribution in [0.1, 0.15) is 36.9 Å². The summed E-state index contributed by atoms with van der Waals surface area (Å²) in [5, 5.41) is 12.1. The second-order valence-corrected chi connectivity index (χ2v) is 10.3.